The van der Waals surface area contributed by atoms with Gasteiger partial charge in [0.15, 0.2) is 0 Å². The quantitative estimate of drug-likeness (QED) is 0.797. The van der Waals surface area contributed by atoms with E-state index in [1.165, 1.54) is 38.8 Å². The van der Waals surface area contributed by atoms with Gasteiger partial charge in [-0.05, 0) is 45.2 Å². The van der Waals surface area contributed by atoms with Gasteiger partial charge in [0.1, 0.15) is 18.2 Å². The van der Waals surface area contributed by atoms with E-state index in [0.29, 0.717) is 12.5 Å². The van der Waals surface area contributed by atoms with Crippen LogP contribution in [0.25, 0.3) is 0 Å². The van der Waals surface area contributed by atoms with Crippen molar-refractivity contribution in [3.05, 3.63) is 11.9 Å². The Kier molecular flexibility index (Phi) is 4.91. The van der Waals surface area contributed by atoms with Crippen molar-refractivity contribution < 1.29 is 4.74 Å². The molecule has 0 amide bonds. The average Bonchev–Trinajstić information content (AvgIpc) is 3.23. The number of nitrogens with one attached hydrogen (secondary N) is 1. The molecule has 0 bridgehead atoms. The Morgan fingerprint density at radius 3 is 2.81 bits per heavy atom. The zero-order valence-corrected chi connectivity index (χ0v) is 13.0. The van der Waals surface area contributed by atoms with Crippen molar-refractivity contribution in [3.63, 3.8) is 0 Å². The average molecular weight is 290 g/mol. The molecule has 2 fully saturated rings. The molecule has 5 nitrogen and oxygen atoms in total. The van der Waals surface area contributed by atoms with Gasteiger partial charge in [0.25, 0.3) is 0 Å². The maximum absolute atomic E-state index is 5.87. The van der Waals surface area contributed by atoms with Crippen LogP contribution in [0.15, 0.2) is 6.07 Å². The molecule has 0 radical (unpaired) electrons. The summed E-state index contributed by atoms with van der Waals surface area (Å²) in [4.78, 5) is 11.6. The number of hydrogen-bond donors (Lipinski definition) is 1. The predicted octanol–water partition coefficient (Wildman–Crippen LogP) is 2.65. The summed E-state index contributed by atoms with van der Waals surface area (Å²) in [6.45, 7) is 7.24. The van der Waals surface area contributed by atoms with Crippen molar-refractivity contribution >= 4 is 5.82 Å². The summed E-state index contributed by atoms with van der Waals surface area (Å²) in [5, 5.41) is 3.35. The zero-order valence-electron chi connectivity index (χ0n) is 13.0. The summed E-state index contributed by atoms with van der Waals surface area (Å²) in [6.07, 6.45) is 6.16. The minimum absolute atomic E-state index is 0.550. The van der Waals surface area contributed by atoms with Gasteiger partial charge >= 0.3 is 0 Å². The van der Waals surface area contributed by atoms with Crippen LogP contribution in [-0.4, -0.2) is 47.7 Å². The van der Waals surface area contributed by atoms with Crippen LogP contribution in [-0.2, 0) is 0 Å². The first-order valence-electron chi connectivity index (χ1n) is 8.33. The highest BCUT2D eigenvalue weighted by atomic mass is 16.5. The lowest BCUT2D eigenvalue weighted by molar-refractivity contribution is 0.231. The van der Waals surface area contributed by atoms with Gasteiger partial charge < -0.3 is 10.1 Å². The molecule has 0 unspecified atom stereocenters. The molecule has 21 heavy (non-hydrogen) atoms. The van der Waals surface area contributed by atoms with Gasteiger partial charge in [-0.25, -0.2) is 4.98 Å². The van der Waals surface area contributed by atoms with E-state index >= 15 is 0 Å². The molecular formula is C16H26N4O. The normalized spacial score (nSPS) is 18.9. The van der Waals surface area contributed by atoms with Crippen LogP contribution in [0, 0.1) is 0 Å². The lowest BCUT2D eigenvalue weighted by Crippen LogP contribution is -2.25. The number of ether oxygens (including phenoxy) is 1. The minimum atomic E-state index is 0.550. The molecule has 0 aromatic carbocycles. The van der Waals surface area contributed by atoms with Crippen molar-refractivity contribution in [3.8, 4) is 5.88 Å². The molecule has 3 rings (SSSR count). The van der Waals surface area contributed by atoms with Crippen molar-refractivity contribution in [2.75, 3.05) is 38.1 Å². The van der Waals surface area contributed by atoms with Gasteiger partial charge in [-0.15, -0.1) is 0 Å². The first kappa shape index (κ1) is 14.6. The molecule has 2 aliphatic rings. The lowest BCUT2D eigenvalue weighted by atomic mass is 10.4. The second-order valence-electron chi connectivity index (χ2n) is 6.05. The Balaban J connectivity index is 1.57. The van der Waals surface area contributed by atoms with Crippen LogP contribution in [0.4, 0.5) is 5.82 Å². The molecule has 1 aromatic rings. The lowest BCUT2D eigenvalue weighted by Gasteiger charge is -2.15. The minimum Gasteiger partial charge on any atom is -0.476 e. The van der Waals surface area contributed by atoms with E-state index in [1.54, 1.807) is 0 Å². The van der Waals surface area contributed by atoms with Gasteiger partial charge in [0, 0.05) is 25.1 Å². The standard InChI is InChI=1S/C16H26N4O/c1-2-7-17-14-12-15(19-16(18-14)13-5-6-13)21-11-10-20-8-3-4-9-20/h12-13H,2-11H2,1H3,(H,17,18,19). The van der Waals surface area contributed by atoms with Crippen molar-refractivity contribution in [2.24, 2.45) is 0 Å². The number of likely N-dealkylation sites (tertiary alicyclic amines) is 1. The van der Waals surface area contributed by atoms with Crippen LogP contribution in [0.3, 0.4) is 0 Å². The van der Waals surface area contributed by atoms with E-state index in [-0.39, 0.29) is 0 Å². The second-order valence-corrected chi connectivity index (χ2v) is 6.05. The van der Waals surface area contributed by atoms with E-state index < -0.39 is 0 Å². The summed E-state index contributed by atoms with van der Waals surface area (Å²) in [5.41, 5.74) is 0. The molecule has 0 atom stereocenters. The maximum atomic E-state index is 5.87. The van der Waals surface area contributed by atoms with Gasteiger partial charge in [-0.1, -0.05) is 6.92 Å². The van der Waals surface area contributed by atoms with E-state index in [0.717, 1.165) is 37.0 Å². The Morgan fingerprint density at radius 2 is 2.10 bits per heavy atom. The van der Waals surface area contributed by atoms with Crippen LogP contribution in [0.5, 0.6) is 5.88 Å². The molecular weight excluding hydrogens is 264 g/mol. The molecule has 1 saturated carbocycles. The molecule has 1 aliphatic heterocycles. The fraction of sp³-hybridized carbons (Fsp3) is 0.750. The highest BCUT2D eigenvalue weighted by Crippen LogP contribution is 2.39. The third-order valence-corrected chi connectivity index (χ3v) is 4.07. The third kappa shape index (κ3) is 4.30. The topological polar surface area (TPSA) is 50.3 Å². The number of nitrogens with zero attached hydrogens (tertiary/aromatic N) is 3. The van der Waals surface area contributed by atoms with Crippen LogP contribution in [0.1, 0.15) is 50.8 Å². The van der Waals surface area contributed by atoms with Gasteiger partial charge in [-0.3, -0.25) is 4.90 Å². The molecule has 5 heteroatoms. The van der Waals surface area contributed by atoms with Crippen molar-refractivity contribution in [1.82, 2.24) is 14.9 Å². The first-order valence-corrected chi connectivity index (χ1v) is 8.33. The second kappa shape index (κ2) is 7.07. The SMILES string of the molecule is CCCNc1cc(OCCN2CCCC2)nc(C2CC2)n1. The molecule has 2 heterocycles. The summed E-state index contributed by atoms with van der Waals surface area (Å²) >= 11 is 0. The number of rotatable bonds is 8. The molecule has 116 valence electrons. The third-order valence-electron chi connectivity index (χ3n) is 4.07. The van der Waals surface area contributed by atoms with Gasteiger partial charge in [-0.2, -0.15) is 4.98 Å². The smallest absolute Gasteiger partial charge is 0.218 e. The van der Waals surface area contributed by atoms with E-state index in [4.69, 9.17) is 4.74 Å². The number of anilines is 1. The fourth-order valence-corrected chi connectivity index (χ4v) is 2.67. The Labute approximate surface area is 127 Å². The van der Waals surface area contributed by atoms with Gasteiger partial charge in [0.2, 0.25) is 5.88 Å². The van der Waals surface area contributed by atoms with E-state index in [2.05, 4.69) is 27.1 Å². The van der Waals surface area contributed by atoms with E-state index in [9.17, 15) is 0 Å². The maximum Gasteiger partial charge on any atom is 0.218 e. The Hall–Kier alpha value is -1.36. The predicted molar refractivity (Wildman–Crippen MR) is 84.0 cm³/mol. The van der Waals surface area contributed by atoms with Crippen LogP contribution >= 0.6 is 0 Å². The molecule has 1 aromatic heterocycles. The summed E-state index contributed by atoms with van der Waals surface area (Å²) in [7, 11) is 0. The Bertz CT molecular complexity index is 456. The highest BCUT2D eigenvalue weighted by Gasteiger charge is 2.27. The van der Waals surface area contributed by atoms with Gasteiger partial charge in [0.05, 0.1) is 0 Å². The zero-order chi connectivity index (χ0) is 14.5. The summed E-state index contributed by atoms with van der Waals surface area (Å²) in [5.74, 6) is 3.14. The summed E-state index contributed by atoms with van der Waals surface area (Å²) < 4.78 is 5.87. The molecule has 1 saturated heterocycles. The monoisotopic (exact) mass is 290 g/mol. The fourth-order valence-electron chi connectivity index (χ4n) is 2.67. The first-order chi connectivity index (χ1) is 10.3. The van der Waals surface area contributed by atoms with Crippen molar-refractivity contribution in [2.45, 2.75) is 44.9 Å². The van der Waals surface area contributed by atoms with Crippen molar-refractivity contribution in [1.29, 1.82) is 0 Å². The largest absolute Gasteiger partial charge is 0.476 e. The number of hydrogen-bond acceptors (Lipinski definition) is 5. The highest BCUT2D eigenvalue weighted by molar-refractivity contribution is 5.39. The molecule has 1 N–H and O–H groups in total. The molecule has 1 aliphatic carbocycles. The number of aromatic nitrogens is 2. The Morgan fingerprint density at radius 1 is 1.29 bits per heavy atom. The van der Waals surface area contributed by atoms with Crippen LogP contribution < -0.4 is 10.1 Å². The van der Waals surface area contributed by atoms with Crippen LogP contribution in [0.2, 0.25) is 0 Å². The summed E-state index contributed by atoms with van der Waals surface area (Å²) in [6, 6.07) is 1.94. The van der Waals surface area contributed by atoms with E-state index in [1.807, 2.05) is 6.07 Å². The molecule has 0 spiro atoms.